The summed E-state index contributed by atoms with van der Waals surface area (Å²) in [5.41, 5.74) is 5.55. The maximum absolute atomic E-state index is 13.7. The van der Waals surface area contributed by atoms with Crippen molar-refractivity contribution in [2.24, 2.45) is 0 Å². The third kappa shape index (κ3) is 3.98. The van der Waals surface area contributed by atoms with Crippen LogP contribution in [0.15, 0.2) is 48.7 Å². The first kappa shape index (κ1) is 18.9. The summed E-state index contributed by atoms with van der Waals surface area (Å²) in [7, 11) is 0. The number of rotatable bonds is 6. The number of aryl methyl sites for hydroxylation is 1. The lowest BCUT2D eigenvalue weighted by atomic mass is 9.89. The molecule has 1 N–H and O–H groups in total. The standard InChI is InChI=1S/C26H31FN2/c27-22-10-11-26-24(17-22)25(18-28-26)21-12-15-29(16-13-21)14-4-3-6-20-9-8-19-5-1-2-7-23(19)20/h1-2,5,7,10-11,17-18,20-21,28H,3-4,6,8-9,12-16H2. The number of likely N-dealkylation sites (tertiary alicyclic amines) is 1. The Labute approximate surface area is 173 Å². The number of nitrogens with one attached hydrogen (secondary N) is 1. The van der Waals surface area contributed by atoms with Gasteiger partial charge < -0.3 is 9.88 Å². The third-order valence-electron chi connectivity index (χ3n) is 7.24. The van der Waals surface area contributed by atoms with E-state index in [1.165, 1.54) is 76.2 Å². The van der Waals surface area contributed by atoms with Crippen molar-refractivity contribution in [3.05, 3.63) is 71.2 Å². The Kier molecular flexibility index (Phi) is 5.41. The Balaban J connectivity index is 1.08. The van der Waals surface area contributed by atoms with Gasteiger partial charge in [0, 0.05) is 17.1 Å². The molecule has 0 bridgehead atoms. The Morgan fingerprint density at radius 3 is 2.72 bits per heavy atom. The van der Waals surface area contributed by atoms with Gasteiger partial charge in [-0.1, -0.05) is 30.7 Å². The molecule has 1 atom stereocenters. The van der Waals surface area contributed by atoms with Crippen LogP contribution >= 0.6 is 0 Å². The highest BCUT2D eigenvalue weighted by Gasteiger charge is 2.24. The number of aromatic nitrogens is 1. The normalized spacial score (nSPS) is 20.4. The first-order valence-corrected chi connectivity index (χ1v) is 11.3. The molecule has 0 amide bonds. The zero-order valence-corrected chi connectivity index (χ0v) is 17.2. The molecule has 3 aromatic rings. The van der Waals surface area contributed by atoms with Crippen LogP contribution in [0.2, 0.25) is 0 Å². The fraction of sp³-hybridized carbons (Fsp3) is 0.462. The van der Waals surface area contributed by atoms with Gasteiger partial charge in [-0.2, -0.15) is 0 Å². The van der Waals surface area contributed by atoms with E-state index < -0.39 is 0 Å². The van der Waals surface area contributed by atoms with E-state index in [-0.39, 0.29) is 5.82 Å². The molecule has 1 saturated heterocycles. The molecular formula is C26H31FN2. The number of piperidine rings is 1. The minimum Gasteiger partial charge on any atom is -0.361 e. The molecule has 1 aliphatic carbocycles. The summed E-state index contributed by atoms with van der Waals surface area (Å²) in [5, 5.41) is 1.07. The highest BCUT2D eigenvalue weighted by atomic mass is 19.1. The molecule has 0 saturated carbocycles. The maximum atomic E-state index is 13.7. The van der Waals surface area contributed by atoms with Gasteiger partial charge >= 0.3 is 0 Å². The van der Waals surface area contributed by atoms with Crippen LogP contribution < -0.4 is 0 Å². The Hall–Kier alpha value is -2.13. The van der Waals surface area contributed by atoms with E-state index in [4.69, 9.17) is 0 Å². The second kappa shape index (κ2) is 8.31. The van der Waals surface area contributed by atoms with Gasteiger partial charge in [0.1, 0.15) is 5.82 Å². The van der Waals surface area contributed by atoms with Crippen LogP contribution in [0.5, 0.6) is 0 Å². The molecule has 29 heavy (non-hydrogen) atoms. The molecular weight excluding hydrogens is 359 g/mol. The molecule has 1 aromatic heterocycles. The molecule has 152 valence electrons. The Bertz CT molecular complexity index is 968. The average Bonchev–Trinajstić information content (AvgIpc) is 3.36. The van der Waals surface area contributed by atoms with Crippen LogP contribution in [0, 0.1) is 5.82 Å². The summed E-state index contributed by atoms with van der Waals surface area (Å²) in [6.07, 6.45) is 11.1. The predicted molar refractivity (Wildman–Crippen MR) is 118 cm³/mol. The van der Waals surface area contributed by atoms with E-state index in [9.17, 15) is 4.39 Å². The number of nitrogens with zero attached hydrogens (tertiary/aromatic N) is 1. The summed E-state index contributed by atoms with van der Waals surface area (Å²) >= 11 is 0. The highest BCUT2D eigenvalue weighted by molar-refractivity contribution is 5.83. The van der Waals surface area contributed by atoms with E-state index in [0.717, 1.165) is 16.8 Å². The van der Waals surface area contributed by atoms with Crippen LogP contribution in [0.4, 0.5) is 4.39 Å². The predicted octanol–water partition coefficient (Wildman–Crippen LogP) is 6.39. The first-order chi connectivity index (χ1) is 14.3. The molecule has 0 spiro atoms. The van der Waals surface area contributed by atoms with E-state index in [1.807, 2.05) is 6.07 Å². The lowest BCUT2D eigenvalue weighted by molar-refractivity contribution is 0.208. The van der Waals surface area contributed by atoms with Crippen molar-refractivity contribution in [2.75, 3.05) is 19.6 Å². The number of unbranched alkanes of at least 4 members (excludes halogenated alkanes) is 1. The zero-order chi connectivity index (χ0) is 19.6. The average molecular weight is 391 g/mol. The topological polar surface area (TPSA) is 19.0 Å². The number of halogens is 1. The number of hydrogen-bond donors (Lipinski definition) is 1. The summed E-state index contributed by atoms with van der Waals surface area (Å²) in [4.78, 5) is 5.95. The summed E-state index contributed by atoms with van der Waals surface area (Å²) in [6.45, 7) is 3.56. The van der Waals surface area contributed by atoms with E-state index >= 15 is 0 Å². The fourth-order valence-electron chi connectivity index (χ4n) is 5.59. The van der Waals surface area contributed by atoms with Crippen LogP contribution in [0.1, 0.15) is 67.1 Å². The molecule has 2 aromatic carbocycles. The van der Waals surface area contributed by atoms with E-state index in [1.54, 1.807) is 17.2 Å². The van der Waals surface area contributed by atoms with Gasteiger partial charge in [0.05, 0.1) is 0 Å². The molecule has 2 nitrogen and oxygen atoms in total. The first-order valence-electron chi connectivity index (χ1n) is 11.3. The molecule has 2 aliphatic rings. The fourth-order valence-corrected chi connectivity index (χ4v) is 5.59. The van der Waals surface area contributed by atoms with Crippen molar-refractivity contribution < 1.29 is 4.39 Å². The van der Waals surface area contributed by atoms with Crippen molar-refractivity contribution in [1.82, 2.24) is 9.88 Å². The van der Waals surface area contributed by atoms with Crippen molar-refractivity contribution in [3.8, 4) is 0 Å². The molecule has 1 unspecified atom stereocenters. The molecule has 3 heteroatoms. The largest absolute Gasteiger partial charge is 0.361 e. The van der Waals surface area contributed by atoms with Crippen molar-refractivity contribution >= 4 is 10.9 Å². The monoisotopic (exact) mass is 390 g/mol. The Morgan fingerprint density at radius 2 is 1.83 bits per heavy atom. The smallest absolute Gasteiger partial charge is 0.123 e. The van der Waals surface area contributed by atoms with Gasteiger partial charge in [-0.15, -0.1) is 0 Å². The lowest BCUT2D eigenvalue weighted by Crippen LogP contribution is -2.33. The second-order valence-electron chi connectivity index (χ2n) is 8.98. The minimum absolute atomic E-state index is 0.138. The molecule has 2 heterocycles. The minimum atomic E-state index is -0.138. The number of H-pyrrole nitrogens is 1. The Morgan fingerprint density at radius 1 is 0.966 bits per heavy atom. The second-order valence-corrected chi connectivity index (χ2v) is 8.98. The SMILES string of the molecule is Fc1ccc2[nH]cc(C3CCN(CCCCC4CCc5ccccc54)CC3)c2c1. The summed E-state index contributed by atoms with van der Waals surface area (Å²) in [6, 6.07) is 14.1. The number of benzene rings is 2. The van der Waals surface area contributed by atoms with Gasteiger partial charge in [0.25, 0.3) is 0 Å². The summed E-state index contributed by atoms with van der Waals surface area (Å²) < 4.78 is 13.7. The van der Waals surface area contributed by atoms with Gasteiger partial charge in [0.15, 0.2) is 0 Å². The van der Waals surface area contributed by atoms with Crippen LogP contribution in [-0.2, 0) is 6.42 Å². The quantitative estimate of drug-likeness (QED) is 0.483. The lowest BCUT2D eigenvalue weighted by Gasteiger charge is -2.32. The van der Waals surface area contributed by atoms with Gasteiger partial charge in [0.2, 0.25) is 0 Å². The molecule has 5 rings (SSSR count). The number of aromatic amines is 1. The third-order valence-corrected chi connectivity index (χ3v) is 7.24. The summed E-state index contributed by atoms with van der Waals surface area (Å²) in [5.74, 6) is 1.21. The number of hydrogen-bond acceptors (Lipinski definition) is 1. The number of fused-ring (bicyclic) bond motifs is 2. The van der Waals surface area contributed by atoms with Crippen LogP contribution in [0.25, 0.3) is 10.9 Å². The highest BCUT2D eigenvalue weighted by Crippen LogP contribution is 2.37. The van der Waals surface area contributed by atoms with Crippen molar-refractivity contribution in [1.29, 1.82) is 0 Å². The van der Waals surface area contributed by atoms with Crippen molar-refractivity contribution in [3.63, 3.8) is 0 Å². The maximum Gasteiger partial charge on any atom is 0.123 e. The van der Waals surface area contributed by atoms with Gasteiger partial charge in [-0.05, 0) is 105 Å². The van der Waals surface area contributed by atoms with Gasteiger partial charge in [-0.3, -0.25) is 0 Å². The van der Waals surface area contributed by atoms with E-state index in [2.05, 4.69) is 40.3 Å². The molecule has 1 aliphatic heterocycles. The van der Waals surface area contributed by atoms with Crippen LogP contribution in [0.3, 0.4) is 0 Å². The van der Waals surface area contributed by atoms with Crippen LogP contribution in [-0.4, -0.2) is 29.5 Å². The zero-order valence-electron chi connectivity index (χ0n) is 17.2. The molecule has 0 radical (unpaired) electrons. The van der Waals surface area contributed by atoms with Gasteiger partial charge in [-0.25, -0.2) is 4.39 Å². The van der Waals surface area contributed by atoms with Crippen molar-refractivity contribution in [2.45, 2.75) is 56.8 Å². The molecule has 1 fully saturated rings. The van der Waals surface area contributed by atoms with E-state index in [0.29, 0.717) is 5.92 Å².